The van der Waals surface area contributed by atoms with E-state index in [4.69, 9.17) is 0 Å². The molecule has 0 atom stereocenters. The van der Waals surface area contributed by atoms with Gasteiger partial charge in [0.1, 0.15) is 0 Å². The third-order valence-corrected chi connectivity index (χ3v) is 7.80. The van der Waals surface area contributed by atoms with Gasteiger partial charge >= 0.3 is 0 Å². The summed E-state index contributed by atoms with van der Waals surface area (Å²) in [5, 5.41) is 11.3. The van der Waals surface area contributed by atoms with Crippen LogP contribution >= 0.6 is 34.9 Å². The van der Waals surface area contributed by atoms with Crippen molar-refractivity contribution >= 4 is 52.4 Å². The minimum absolute atomic E-state index is 0.0109. The second kappa shape index (κ2) is 11.7. The zero-order chi connectivity index (χ0) is 21.3. The normalized spacial score (nSPS) is 14.7. The van der Waals surface area contributed by atoms with Gasteiger partial charge in [-0.3, -0.25) is 14.5 Å². The number of rotatable bonds is 9. The van der Waals surface area contributed by atoms with Crippen LogP contribution in [0.3, 0.4) is 0 Å². The summed E-state index contributed by atoms with van der Waals surface area (Å²) >= 11 is 4.65. The Morgan fingerprint density at radius 2 is 1.77 bits per heavy atom. The van der Waals surface area contributed by atoms with E-state index in [1.165, 1.54) is 23.1 Å². The molecule has 1 fully saturated rings. The molecule has 1 aliphatic rings. The van der Waals surface area contributed by atoms with E-state index in [0.29, 0.717) is 38.5 Å². The molecule has 0 aliphatic carbocycles. The predicted molar refractivity (Wildman–Crippen MR) is 125 cm³/mol. The number of aryl methyl sites for hydroxylation is 1. The molecule has 1 aromatic heterocycles. The first-order valence-corrected chi connectivity index (χ1v) is 12.8. The number of para-hydroxylation sites is 1. The number of aromatic nitrogens is 2. The fraction of sp³-hybridized carbons (Fsp3) is 0.500. The minimum atomic E-state index is -0.0109. The Morgan fingerprint density at radius 1 is 1.07 bits per heavy atom. The van der Waals surface area contributed by atoms with Gasteiger partial charge in [0, 0.05) is 31.9 Å². The highest BCUT2D eigenvalue weighted by atomic mass is 32.2. The number of carbonyl (C=O) groups is 2. The summed E-state index contributed by atoms with van der Waals surface area (Å²) in [5.41, 5.74) is 2.02. The number of anilines is 1. The second-order valence-corrected chi connectivity index (χ2v) is 10.5. The highest BCUT2D eigenvalue weighted by molar-refractivity contribution is 8.03. The van der Waals surface area contributed by atoms with Crippen LogP contribution < -0.4 is 5.32 Å². The molecule has 0 spiro atoms. The van der Waals surface area contributed by atoms with Gasteiger partial charge in [-0.2, -0.15) is 0 Å². The highest BCUT2D eigenvalue weighted by Crippen LogP contribution is 2.28. The molecule has 1 aromatic carbocycles. The highest BCUT2D eigenvalue weighted by Gasteiger charge is 2.23. The van der Waals surface area contributed by atoms with E-state index < -0.39 is 0 Å². The van der Waals surface area contributed by atoms with Crippen LogP contribution in [0.1, 0.15) is 19.4 Å². The summed E-state index contributed by atoms with van der Waals surface area (Å²) < 4.78 is 1.78. The summed E-state index contributed by atoms with van der Waals surface area (Å²) in [6.45, 7) is 7.20. The second-order valence-electron chi connectivity index (χ2n) is 6.77. The summed E-state index contributed by atoms with van der Waals surface area (Å²) in [5.74, 6) is 1.44. The molecule has 10 heteroatoms. The Labute approximate surface area is 190 Å². The van der Waals surface area contributed by atoms with Gasteiger partial charge < -0.3 is 10.2 Å². The van der Waals surface area contributed by atoms with E-state index in [2.05, 4.69) is 34.3 Å². The minimum Gasteiger partial charge on any atom is -0.339 e. The largest absolute Gasteiger partial charge is 0.339 e. The topological polar surface area (TPSA) is 78.4 Å². The molecule has 1 saturated heterocycles. The van der Waals surface area contributed by atoms with Crippen molar-refractivity contribution in [1.82, 2.24) is 20.0 Å². The third-order valence-electron chi connectivity index (χ3n) is 4.74. The number of piperazine rings is 1. The molecule has 3 rings (SSSR count). The first kappa shape index (κ1) is 23.1. The Kier molecular flexibility index (Phi) is 8.98. The van der Waals surface area contributed by atoms with Gasteiger partial charge in [-0.15, -0.1) is 10.2 Å². The number of benzene rings is 1. The van der Waals surface area contributed by atoms with Gasteiger partial charge in [-0.1, -0.05) is 66.9 Å². The molecule has 0 unspecified atom stereocenters. The van der Waals surface area contributed by atoms with Crippen LogP contribution in [-0.4, -0.2) is 76.0 Å². The molecule has 30 heavy (non-hydrogen) atoms. The first-order chi connectivity index (χ1) is 14.6. The van der Waals surface area contributed by atoms with Crippen molar-refractivity contribution in [2.45, 2.75) is 28.9 Å². The average Bonchev–Trinajstić information content (AvgIpc) is 3.20. The van der Waals surface area contributed by atoms with Gasteiger partial charge in [0.2, 0.25) is 11.8 Å². The van der Waals surface area contributed by atoms with Gasteiger partial charge in [-0.25, -0.2) is 0 Å². The molecule has 7 nitrogen and oxygen atoms in total. The van der Waals surface area contributed by atoms with Crippen LogP contribution in [0.5, 0.6) is 0 Å². The van der Waals surface area contributed by atoms with Crippen molar-refractivity contribution < 1.29 is 9.59 Å². The Balaban J connectivity index is 1.39. The predicted octanol–water partition coefficient (Wildman–Crippen LogP) is 3.09. The molecular formula is C20H27N5O2S3. The summed E-state index contributed by atoms with van der Waals surface area (Å²) in [4.78, 5) is 28.9. The molecule has 0 saturated carbocycles. The van der Waals surface area contributed by atoms with E-state index in [1.54, 1.807) is 11.8 Å². The lowest BCUT2D eigenvalue weighted by Crippen LogP contribution is -2.50. The van der Waals surface area contributed by atoms with E-state index in [1.807, 2.05) is 29.2 Å². The van der Waals surface area contributed by atoms with Crippen LogP contribution in [-0.2, 0) is 16.0 Å². The summed E-state index contributed by atoms with van der Waals surface area (Å²) in [6, 6.07) is 7.88. The molecule has 162 valence electrons. The number of hydrogen-bond acceptors (Lipinski definition) is 8. The van der Waals surface area contributed by atoms with E-state index in [-0.39, 0.29) is 11.8 Å². The van der Waals surface area contributed by atoms with E-state index >= 15 is 0 Å². The molecule has 0 radical (unpaired) electrons. The van der Waals surface area contributed by atoms with Gasteiger partial charge in [-0.05, 0) is 23.8 Å². The maximum absolute atomic E-state index is 12.5. The number of nitrogens with one attached hydrogen (secondary N) is 1. The van der Waals surface area contributed by atoms with Crippen molar-refractivity contribution in [1.29, 1.82) is 0 Å². The van der Waals surface area contributed by atoms with Crippen LogP contribution in [0.4, 0.5) is 5.69 Å². The molecule has 1 N–H and O–H groups in total. The zero-order valence-electron chi connectivity index (χ0n) is 17.3. The lowest BCUT2D eigenvalue weighted by molar-refractivity contribution is -0.130. The Hall–Kier alpha value is -1.62. The number of hydrogen-bond donors (Lipinski definition) is 1. The Morgan fingerprint density at radius 3 is 2.47 bits per heavy atom. The summed E-state index contributed by atoms with van der Waals surface area (Å²) in [7, 11) is 0. The molecule has 0 bridgehead atoms. The van der Waals surface area contributed by atoms with Crippen molar-refractivity contribution in [3.05, 3.63) is 29.8 Å². The van der Waals surface area contributed by atoms with E-state index in [9.17, 15) is 9.59 Å². The number of carbonyl (C=O) groups excluding carboxylic acids is 2. The van der Waals surface area contributed by atoms with Crippen molar-refractivity contribution in [2.24, 2.45) is 0 Å². The van der Waals surface area contributed by atoms with Crippen molar-refractivity contribution in [3.8, 4) is 0 Å². The smallest absolute Gasteiger partial charge is 0.238 e. The molecular weight excluding hydrogens is 438 g/mol. The van der Waals surface area contributed by atoms with E-state index in [0.717, 1.165) is 32.1 Å². The van der Waals surface area contributed by atoms with Gasteiger partial charge in [0.25, 0.3) is 0 Å². The molecule has 2 amide bonds. The number of thioether (sulfide) groups is 2. The first-order valence-electron chi connectivity index (χ1n) is 10.1. The average molecular weight is 466 g/mol. The maximum Gasteiger partial charge on any atom is 0.238 e. The van der Waals surface area contributed by atoms with Gasteiger partial charge in [0.05, 0.1) is 12.3 Å². The fourth-order valence-corrected chi connectivity index (χ4v) is 5.97. The SMILES string of the molecule is CCSc1nnc(SCC(=O)N2CCN(CC(=O)Nc3ccccc3CC)CC2)s1. The quantitative estimate of drug-likeness (QED) is 0.570. The standard InChI is InChI=1S/C20H27N5O2S3/c1-3-15-7-5-6-8-16(15)21-17(26)13-24-9-11-25(12-10-24)18(27)14-29-20-23-22-19(30-20)28-4-2/h5-8H,3-4,9-14H2,1-2H3,(H,21,26). The van der Waals surface area contributed by atoms with Crippen LogP contribution in [0, 0.1) is 0 Å². The molecule has 2 aromatic rings. The van der Waals surface area contributed by atoms with Gasteiger partial charge in [0.15, 0.2) is 8.68 Å². The zero-order valence-corrected chi connectivity index (χ0v) is 19.7. The van der Waals surface area contributed by atoms with Crippen LogP contribution in [0.15, 0.2) is 32.9 Å². The van der Waals surface area contributed by atoms with Crippen LogP contribution in [0.25, 0.3) is 0 Å². The summed E-state index contributed by atoms with van der Waals surface area (Å²) in [6.07, 6.45) is 0.880. The lowest BCUT2D eigenvalue weighted by Gasteiger charge is -2.34. The molecule has 2 heterocycles. The lowest BCUT2D eigenvalue weighted by atomic mass is 10.1. The maximum atomic E-state index is 12.5. The third kappa shape index (κ3) is 6.69. The van der Waals surface area contributed by atoms with Crippen molar-refractivity contribution in [2.75, 3.05) is 49.5 Å². The molecule has 1 aliphatic heterocycles. The number of nitrogens with zero attached hydrogens (tertiary/aromatic N) is 4. The van der Waals surface area contributed by atoms with Crippen LogP contribution in [0.2, 0.25) is 0 Å². The Bertz CT molecular complexity index is 852. The number of amides is 2. The van der Waals surface area contributed by atoms with Crippen molar-refractivity contribution in [3.63, 3.8) is 0 Å². The monoisotopic (exact) mass is 465 g/mol. The fourth-order valence-electron chi connectivity index (χ4n) is 3.15.